The highest BCUT2D eigenvalue weighted by atomic mass is 32.1. The molecule has 7 nitrogen and oxygen atoms in total. The number of carbonyl (C=O) groups is 1. The number of nitrogens with one attached hydrogen (secondary N) is 1. The van der Waals surface area contributed by atoms with Gasteiger partial charge in [-0.3, -0.25) is 10.1 Å². The topological polar surface area (TPSA) is 107 Å². The molecule has 27 heavy (non-hydrogen) atoms. The molecule has 1 aliphatic carbocycles. The predicted molar refractivity (Wildman–Crippen MR) is 97.9 cm³/mol. The Labute approximate surface area is 158 Å². The Bertz CT molecular complexity index is 964. The molecule has 140 valence electrons. The lowest BCUT2D eigenvalue weighted by Crippen LogP contribution is -2.34. The third-order valence-electron chi connectivity index (χ3n) is 4.63. The highest BCUT2D eigenvalue weighted by Crippen LogP contribution is 2.34. The van der Waals surface area contributed by atoms with Crippen LogP contribution in [0, 0.1) is 5.82 Å². The van der Waals surface area contributed by atoms with E-state index in [4.69, 9.17) is 10.3 Å². The Morgan fingerprint density at radius 3 is 2.85 bits per heavy atom. The molecule has 1 aliphatic rings. The molecule has 0 radical (unpaired) electrons. The van der Waals surface area contributed by atoms with Gasteiger partial charge in [-0.25, -0.2) is 9.37 Å². The number of thiazole rings is 1. The molecule has 0 atom stereocenters. The van der Waals surface area contributed by atoms with Crippen molar-refractivity contribution >= 4 is 22.4 Å². The van der Waals surface area contributed by atoms with E-state index in [0.29, 0.717) is 29.0 Å². The number of hydrogen-bond donors (Lipinski definition) is 2. The Morgan fingerprint density at radius 2 is 2.07 bits per heavy atom. The van der Waals surface area contributed by atoms with Gasteiger partial charge in [0.15, 0.2) is 11.0 Å². The zero-order chi connectivity index (χ0) is 18.9. The Kier molecular flexibility index (Phi) is 4.71. The lowest BCUT2D eigenvalue weighted by Gasteiger charge is -2.17. The van der Waals surface area contributed by atoms with Crippen LogP contribution in [-0.4, -0.2) is 21.0 Å². The molecule has 4 rings (SSSR count). The zero-order valence-corrected chi connectivity index (χ0v) is 15.3. The fraction of sp³-hybridized carbons (Fsp3) is 0.333. The number of nitrogens with two attached hydrogens (primary N) is 1. The maximum atomic E-state index is 13.7. The lowest BCUT2D eigenvalue weighted by molar-refractivity contribution is 0.102. The molecule has 9 heteroatoms. The van der Waals surface area contributed by atoms with Gasteiger partial charge in [0.1, 0.15) is 5.82 Å². The molecule has 1 saturated carbocycles. The summed E-state index contributed by atoms with van der Waals surface area (Å²) in [4.78, 5) is 20.9. The average molecular weight is 387 g/mol. The van der Waals surface area contributed by atoms with Crippen molar-refractivity contribution in [2.75, 3.05) is 5.32 Å². The van der Waals surface area contributed by atoms with Crippen LogP contribution in [0.5, 0.6) is 0 Å². The van der Waals surface area contributed by atoms with Crippen molar-refractivity contribution in [3.8, 4) is 0 Å². The van der Waals surface area contributed by atoms with Gasteiger partial charge in [0, 0.05) is 5.38 Å². The van der Waals surface area contributed by atoms with Crippen LogP contribution in [-0.2, 0) is 12.0 Å². The molecule has 0 spiro atoms. The smallest absolute Gasteiger partial charge is 0.260 e. The van der Waals surface area contributed by atoms with Crippen LogP contribution < -0.4 is 11.1 Å². The van der Waals surface area contributed by atoms with Gasteiger partial charge in [-0.1, -0.05) is 30.1 Å². The second kappa shape index (κ2) is 7.16. The van der Waals surface area contributed by atoms with Gasteiger partial charge < -0.3 is 10.3 Å². The Hall–Kier alpha value is -2.65. The summed E-state index contributed by atoms with van der Waals surface area (Å²) in [7, 11) is 0. The zero-order valence-electron chi connectivity index (χ0n) is 14.4. The van der Waals surface area contributed by atoms with E-state index in [2.05, 4.69) is 20.4 Å². The first-order chi connectivity index (χ1) is 13.0. The van der Waals surface area contributed by atoms with Crippen molar-refractivity contribution in [1.82, 2.24) is 15.1 Å². The number of benzene rings is 1. The predicted octanol–water partition coefficient (Wildman–Crippen LogP) is 3.24. The molecular weight excluding hydrogens is 369 g/mol. The van der Waals surface area contributed by atoms with E-state index in [-0.39, 0.29) is 5.56 Å². The lowest BCUT2D eigenvalue weighted by atomic mass is 9.99. The second-order valence-corrected chi connectivity index (χ2v) is 7.49. The summed E-state index contributed by atoms with van der Waals surface area (Å²) in [5, 5.41) is 8.79. The number of halogens is 1. The van der Waals surface area contributed by atoms with Gasteiger partial charge in [0.2, 0.25) is 5.89 Å². The van der Waals surface area contributed by atoms with Crippen molar-refractivity contribution in [2.45, 2.75) is 37.6 Å². The minimum absolute atomic E-state index is 0.0272. The quantitative estimate of drug-likeness (QED) is 0.696. The van der Waals surface area contributed by atoms with Crippen LogP contribution in [0.2, 0.25) is 0 Å². The van der Waals surface area contributed by atoms with E-state index in [1.54, 1.807) is 11.4 Å². The molecule has 0 bridgehead atoms. The van der Waals surface area contributed by atoms with Crippen LogP contribution >= 0.6 is 11.3 Å². The number of anilines is 1. The summed E-state index contributed by atoms with van der Waals surface area (Å²) in [6, 6.07) is 5.80. The number of carbonyl (C=O) groups excluding carboxylic acids is 1. The van der Waals surface area contributed by atoms with Gasteiger partial charge in [-0.15, -0.1) is 11.3 Å². The molecule has 0 aliphatic heterocycles. The standard InChI is InChI=1S/C18H18FN5O2S/c19-13-6-2-1-5-12(13)15(25)23-17-21-11(10-27-17)9-14-22-16(24-26-14)18(20)7-3-4-8-18/h1-2,5-6,10H,3-4,7-9,20H2,(H,21,23,25). The average Bonchev–Trinajstić information content (AvgIpc) is 3.38. The second-order valence-electron chi connectivity index (χ2n) is 6.63. The number of amides is 1. The molecule has 2 aromatic heterocycles. The van der Waals surface area contributed by atoms with Crippen LogP contribution in [0.4, 0.5) is 9.52 Å². The van der Waals surface area contributed by atoms with Crippen LogP contribution in [0.25, 0.3) is 0 Å². The first-order valence-corrected chi connectivity index (χ1v) is 9.54. The summed E-state index contributed by atoms with van der Waals surface area (Å²) in [5.74, 6) is -0.148. The van der Waals surface area contributed by atoms with Gasteiger partial charge in [0.05, 0.1) is 23.2 Å². The van der Waals surface area contributed by atoms with Gasteiger partial charge in [-0.2, -0.15) is 4.98 Å². The minimum Gasteiger partial charge on any atom is -0.339 e. The molecule has 2 heterocycles. The van der Waals surface area contributed by atoms with E-state index in [9.17, 15) is 9.18 Å². The van der Waals surface area contributed by atoms with Crippen LogP contribution in [0.15, 0.2) is 34.2 Å². The first-order valence-electron chi connectivity index (χ1n) is 8.66. The first kappa shape index (κ1) is 17.7. The summed E-state index contributed by atoms with van der Waals surface area (Å²) >= 11 is 1.25. The number of aromatic nitrogens is 3. The number of nitrogens with zero attached hydrogens (tertiary/aromatic N) is 3. The molecular formula is C18H18FN5O2S. The molecule has 0 saturated heterocycles. The molecule has 3 aromatic rings. The van der Waals surface area contributed by atoms with Gasteiger partial charge in [-0.05, 0) is 25.0 Å². The van der Waals surface area contributed by atoms with Gasteiger partial charge in [0.25, 0.3) is 5.91 Å². The van der Waals surface area contributed by atoms with Crippen molar-refractivity contribution in [3.63, 3.8) is 0 Å². The Morgan fingerprint density at radius 1 is 1.30 bits per heavy atom. The van der Waals surface area contributed by atoms with E-state index in [1.807, 2.05) is 0 Å². The summed E-state index contributed by atoms with van der Waals surface area (Å²) < 4.78 is 19.0. The van der Waals surface area contributed by atoms with E-state index >= 15 is 0 Å². The maximum absolute atomic E-state index is 13.7. The van der Waals surface area contributed by atoms with E-state index in [0.717, 1.165) is 25.7 Å². The third-order valence-corrected chi connectivity index (χ3v) is 5.44. The van der Waals surface area contributed by atoms with Crippen molar-refractivity contribution in [1.29, 1.82) is 0 Å². The van der Waals surface area contributed by atoms with Crippen molar-refractivity contribution in [3.05, 3.63) is 58.4 Å². The van der Waals surface area contributed by atoms with Crippen molar-refractivity contribution < 1.29 is 13.7 Å². The SMILES string of the molecule is NC1(c2noc(Cc3csc(NC(=O)c4ccccc4F)n3)n2)CCCC1. The van der Waals surface area contributed by atoms with Crippen molar-refractivity contribution in [2.24, 2.45) is 5.73 Å². The third kappa shape index (κ3) is 3.74. The highest BCUT2D eigenvalue weighted by molar-refractivity contribution is 7.14. The van der Waals surface area contributed by atoms with E-state index < -0.39 is 17.3 Å². The molecule has 3 N–H and O–H groups in total. The summed E-state index contributed by atoms with van der Waals surface area (Å²) in [5.41, 5.74) is 6.49. The summed E-state index contributed by atoms with van der Waals surface area (Å²) in [6.45, 7) is 0. The fourth-order valence-corrected chi connectivity index (χ4v) is 3.87. The summed E-state index contributed by atoms with van der Waals surface area (Å²) in [6.07, 6.45) is 4.19. The molecule has 1 amide bonds. The Balaban J connectivity index is 1.42. The van der Waals surface area contributed by atoms with E-state index in [1.165, 1.54) is 29.5 Å². The number of hydrogen-bond acceptors (Lipinski definition) is 7. The van der Waals surface area contributed by atoms with Crippen LogP contribution in [0.3, 0.4) is 0 Å². The largest absolute Gasteiger partial charge is 0.339 e. The molecule has 1 aromatic carbocycles. The van der Waals surface area contributed by atoms with Gasteiger partial charge >= 0.3 is 0 Å². The normalized spacial score (nSPS) is 15.8. The highest BCUT2D eigenvalue weighted by Gasteiger charge is 2.36. The molecule has 0 unspecified atom stereocenters. The minimum atomic E-state index is -0.576. The monoisotopic (exact) mass is 387 g/mol. The fourth-order valence-electron chi connectivity index (χ4n) is 3.17. The molecule has 1 fully saturated rings. The van der Waals surface area contributed by atoms with Crippen LogP contribution in [0.1, 0.15) is 53.5 Å². The maximum Gasteiger partial charge on any atom is 0.260 e. The number of rotatable bonds is 5.